The van der Waals surface area contributed by atoms with E-state index in [1.807, 2.05) is 0 Å². The number of benzene rings is 1. The number of nitrogens with zero attached hydrogens (tertiary/aromatic N) is 1. The molecule has 3 heteroatoms. The van der Waals surface area contributed by atoms with Crippen LogP contribution >= 0.6 is 0 Å². The van der Waals surface area contributed by atoms with Crippen LogP contribution in [0.1, 0.15) is 24.8 Å². The molecule has 2 rings (SSSR count). The maximum absolute atomic E-state index is 5.62. The lowest BCUT2D eigenvalue weighted by Crippen LogP contribution is -2.14. The molecule has 1 heterocycles. The highest BCUT2D eigenvalue weighted by Crippen LogP contribution is 2.23. The first-order valence-electron chi connectivity index (χ1n) is 6.80. The van der Waals surface area contributed by atoms with Gasteiger partial charge in [0.25, 0.3) is 0 Å². The summed E-state index contributed by atoms with van der Waals surface area (Å²) in [5, 5.41) is 3.49. The minimum atomic E-state index is 0.469. The van der Waals surface area contributed by atoms with Crippen molar-refractivity contribution >= 4 is 11.4 Å². The number of hydrogen-bond acceptors (Lipinski definition) is 3. The van der Waals surface area contributed by atoms with Gasteiger partial charge < -0.3 is 15.0 Å². The molecular formula is C15H24N2O. The summed E-state index contributed by atoms with van der Waals surface area (Å²) in [6, 6.07) is 6.53. The summed E-state index contributed by atoms with van der Waals surface area (Å²) in [4.78, 5) is 2.15. The topological polar surface area (TPSA) is 24.5 Å². The highest BCUT2D eigenvalue weighted by atomic mass is 16.5. The number of nitrogens with one attached hydrogen (secondary N) is 1. The largest absolute Gasteiger partial charge is 0.385 e. The lowest BCUT2D eigenvalue weighted by atomic mass is 10.1. The Bertz CT molecular complexity index is 384. The Morgan fingerprint density at radius 2 is 2.22 bits per heavy atom. The molecule has 18 heavy (non-hydrogen) atoms. The molecular weight excluding hydrogens is 224 g/mol. The van der Waals surface area contributed by atoms with Gasteiger partial charge in [0.1, 0.15) is 0 Å². The van der Waals surface area contributed by atoms with Gasteiger partial charge in [0, 0.05) is 38.6 Å². The molecule has 1 aliphatic heterocycles. The Morgan fingerprint density at radius 3 is 2.89 bits per heavy atom. The summed E-state index contributed by atoms with van der Waals surface area (Å²) in [6.45, 7) is 4.08. The van der Waals surface area contributed by atoms with E-state index in [0.29, 0.717) is 6.10 Å². The predicted molar refractivity (Wildman–Crippen MR) is 77.6 cm³/mol. The average molecular weight is 248 g/mol. The van der Waals surface area contributed by atoms with E-state index < -0.39 is 0 Å². The van der Waals surface area contributed by atoms with Crippen LogP contribution in [0.3, 0.4) is 0 Å². The van der Waals surface area contributed by atoms with E-state index >= 15 is 0 Å². The van der Waals surface area contributed by atoms with Gasteiger partial charge in [0.15, 0.2) is 0 Å². The van der Waals surface area contributed by atoms with Gasteiger partial charge in [-0.25, -0.2) is 0 Å². The number of rotatable bonds is 5. The van der Waals surface area contributed by atoms with Crippen LogP contribution in [0.25, 0.3) is 0 Å². The highest BCUT2D eigenvalue weighted by molar-refractivity contribution is 5.61. The maximum Gasteiger partial charge on any atom is 0.0592 e. The summed E-state index contributed by atoms with van der Waals surface area (Å²) in [7, 11) is 4.16. The summed E-state index contributed by atoms with van der Waals surface area (Å²) in [5.41, 5.74) is 3.78. The normalized spacial score (nSPS) is 18.9. The molecule has 1 aromatic carbocycles. The third kappa shape index (κ3) is 3.39. The van der Waals surface area contributed by atoms with Crippen molar-refractivity contribution in [2.24, 2.45) is 0 Å². The highest BCUT2D eigenvalue weighted by Gasteiger charge is 2.14. The van der Waals surface area contributed by atoms with Crippen molar-refractivity contribution in [2.45, 2.75) is 32.3 Å². The fraction of sp³-hybridized carbons (Fsp3) is 0.600. The van der Waals surface area contributed by atoms with E-state index in [2.05, 4.69) is 49.4 Å². The predicted octanol–water partition coefficient (Wildman–Crippen LogP) is 3.04. The second kappa shape index (κ2) is 6.10. The van der Waals surface area contributed by atoms with Gasteiger partial charge in [-0.3, -0.25) is 0 Å². The molecule has 1 atom stereocenters. The minimum absolute atomic E-state index is 0.469. The van der Waals surface area contributed by atoms with Crippen molar-refractivity contribution < 1.29 is 4.74 Å². The molecule has 1 aliphatic rings. The van der Waals surface area contributed by atoms with Crippen molar-refractivity contribution in [3.8, 4) is 0 Å². The zero-order chi connectivity index (χ0) is 13.0. The molecule has 0 saturated carbocycles. The molecule has 0 aromatic heterocycles. The Kier molecular flexibility index (Phi) is 4.48. The van der Waals surface area contributed by atoms with E-state index in [1.54, 1.807) is 0 Å². The molecule has 100 valence electrons. The SMILES string of the molecule is Cc1ccc(NCCC2CCCO2)cc1N(C)C. The molecule has 0 amide bonds. The van der Waals surface area contributed by atoms with E-state index in [4.69, 9.17) is 4.74 Å². The molecule has 0 aliphatic carbocycles. The van der Waals surface area contributed by atoms with Crippen LogP contribution in [0.2, 0.25) is 0 Å². The van der Waals surface area contributed by atoms with Crippen molar-refractivity contribution in [1.82, 2.24) is 0 Å². The number of aryl methyl sites for hydroxylation is 1. The third-order valence-corrected chi connectivity index (χ3v) is 3.51. The molecule has 1 saturated heterocycles. The third-order valence-electron chi connectivity index (χ3n) is 3.51. The Morgan fingerprint density at radius 1 is 1.39 bits per heavy atom. The fourth-order valence-electron chi connectivity index (χ4n) is 2.45. The van der Waals surface area contributed by atoms with Crippen LogP contribution in [-0.4, -0.2) is 33.4 Å². The molecule has 1 N–H and O–H groups in total. The van der Waals surface area contributed by atoms with Gasteiger partial charge in [0.2, 0.25) is 0 Å². The lowest BCUT2D eigenvalue weighted by Gasteiger charge is -2.18. The molecule has 1 aromatic rings. The van der Waals surface area contributed by atoms with E-state index in [0.717, 1.165) is 19.6 Å². The van der Waals surface area contributed by atoms with Crippen LogP contribution < -0.4 is 10.2 Å². The minimum Gasteiger partial charge on any atom is -0.385 e. The molecule has 0 spiro atoms. The van der Waals surface area contributed by atoms with Gasteiger partial charge in [-0.05, 0) is 43.9 Å². The van der Waals surface area contributed by atoms with Crippen LogP contribution in [0.15, 0.2) is 18.2 Å². The smallest absolute Gasteiger partial charge is 0.0592 e. The van der Waals surface area contributed by atoms with E-state index in [9.17, 15) is 0 Å². The van der Waals surface area contributed by atoms with Crippen LogP contribution in [-0.2, 0) is 4.74 Å². The van der Waals surface area contributed by atoms with E-state index in [1.165, 1.54) is 29.8 Å². The summed E-state index contributed by atoms with van der Waals surface area (Å²) < 4.78 is 5.62. The maximum atomic E-state index is 5.62. The van der Waals surface area contributed by atoms with Gasteiger partial charge in [-0.15, -0.1) is 0 Å². The second-order valence-electron chi connectivity index (χ2n) is 5.25. The number of anilines is 2. The average Bonchev–Trinajstić information content (AvgIpc) is 2.84. The van der Waals surface area contributed by atoms with Crippen molar-refractivity contribution in [2.75, 3.05) is 37.5 Å². The lowest BCUT2D eigenvalue weighted by molar-refractivity contribution is 0.107. The van der Waals surface area contributed by atoms with Crippen LogP contribution in [0.4, 0.5) is 11.4 Å². The van der Waals surface area contributed by atoms with Crippen LogP contribution in [0.5, 0.6) is 0 Å². The Labute approximate surface area is 110 Å². The second-order valence-corrected chi connectivity index (χ2v) is 5.25. The summed E-state index contributed by atoms with van der Waals surface area (Å²) >= 11 is 0. The summed E-state index contributed by atoms with van der Waals surface area (Å²) in [6.07, 6.45) is 4.01. The number of ether oxygens (including phenoxy) is 1. The van der Waals surface area contributed by atoms with E-state index in [-0.39, 0.29) is 0 Å². The van der Waals surface area contributed by atoms with Crippen LogP contribution in [0, 0.1) is 6.92 Å². The Hall–Kier alpha value is -1.22. The standard InChI is InChI=1S/C15H24N2O/c1-12-6-7-13(11-15(12)17(2)3)16-9-8-14-5-4-10-18-14/h6-7,11,14,16H,4-5,8-10H2,1-3H3. The molecule has 1 fully saturated rings. The Balaban J connectivity index is 1.86. The molecule has 0 bridgehead atoms. The molecule has 0 radical (unpaired) electrons. The van der Waals surface area contributed by atoms with Crippen molar-refractivity contribution in [3.05, 3.63) is 23.8 Å². The first-order chi connectivity index (χ1) is 8.66. The van der Waals surface area contributed by atoms with Gasteiger partial charge in [-0.1, -0.05) is 6.07 Å². The van der Waals surface area contributed by atoms with Gasteiger partial charge in [-0.2, -0.15) is 0 Å². The first kappa shape index (κ1) is 13.2. The monoisotopic (exact) mass is 248 g/mol. The molecule has 1 unspecified atom stereocenters. The zero-order valence-corrected chi connectivity index (χ0v) is 11.7. The van der Waals surface area contributed by atoms with Gasteiger partial charge in [0.05, 0.1) is 6.10 Å². The summed E-state index contributed by atoms with van der Waals surface area (Å²) in [5.74, 6) is 0. The quantitative estimate of drug-likeness (QED) is 0.867. The van der Waals surface area contributed by atoms with Crippen molar-refractivity contribution in [3.63, 3.8) is 0 Å². The fourth-order valence-corrected chi connectivity index (χ4v) is 2.45. The number of hydrogen-bond donors (Lipinski definition) is 1. The molecule has 3 nitrogen and oxygen atoms in total. The van der Waals surface area contributed by atoms with Gasteiger partial charge >= 0.3 is 0 Å². The zero-order valence-electron chi connectivity index (χ0n) is 11.7. The van der Waals surface area contributed by atoms with Crippen molar-refractivity contribution in [1.29, 1.82) is 0 Å². The first-order valence-corrected chi connectivity index (χ1v) is 6.80.